The minimum Gasteiger partial charge on any atom is -0.372 e. The highest BCUT2D eigenvalue weighted by atomic mass is 33.1. The third-order valence-electron chi connectivity index (χ3n) is 1.47. The van der Waals surface area contributed by atoms with Crippen molar-refractivity contribution >= 4 is 33.3 Å². The van der Waals surface area contributed by atoms with E-state index in [1.54, 1.807) is 0 Å². The van der Waals surface area contributed by atoms with E-state index in [1.165, 1.54) is 17.3 Å². The maximum absolute atomic E-state index is 5.10. The van der Waals surface area contributed by atoms with Crippen molar-refractivity contribution in [3.63, 3.8) is 0 Å². The van der Waals surface area contributed by atoms with Gasteiger partial charge in [0.25, 0.3) is 0 Å². The lowest BCUT2D eigenvalue weighted by atomic mass is 10.5. The second-order valence-electron chi connectivity index (χ2n) is 2.50. The van der Waals surface area contributed by atoms with Crippen molar-refractivity contribution in [2.75, 3.05) is 23.9 Å². The Morgan fingerprint density at radius 2 is 2.30 bits per heavy atom. The van der Waals surface area contributed by atoms with Crippen LogP contribution in [0.15, 0.2) is 0 Å². The summed E-state index contributed by atoms with van der Waals surface area (Å²) in [5.74, 6) is 3.93. The van der Waals surface area contributed by atoms with Gasteiger partial charge in [-0.3, -0.25) is 0 Å². The van der Waals surface area contributed by atoms with Crippen molar-refractivity contribution in [2.24, 2.45) is 0 Å². The van der Waals surface area contributed by atoms with Crippen LogP contribution in [0.25, 0.3) is 0 Å². The second-order valence-corrected chi connectivity index (χ2v) is 6.28. The molecule has 0 aliphatic carbocycles. The van der Waals surface area contributed by atoms with Crippen LogP contribution in [-0.2, 0) is 4.74 Å². The molecule has 1 nitrogen and oxygen atoms in total. The van der Waals surface area contributed by atoms with E-state index in [0.717, 1.165) is 11.9 Å². The maximum atomic E-state index is 5.10. The largest absolute Gasteiger partial charge is 0.372 e. The summed E-state index contributed by atoms with van der Waals surface area (Å²) >= 11 is 2.05. The zero-order valence-electron chi connectivity index (χ0n) is 5.62. The lowest BCUT2D eigenvalue weighted by Crippen LogP contribution is -2.19. The Labute approximate surface area is 73.4 Å². The molecule has 1 unspecified atom stereocenters. The van der Waals surface area contributed by atoms with E-state index in [0.29, 0.717) is 6.10 Å². The Morgan fingerprint density at radius 3 is 2.80 bits per heavy atom. The average molecular weight is 194 g/mol. The van der Waals surface area contributed by atoms with Gasteiger partial charge in [0, 0.05) is 22.5 Å². The molecular formula is C6H10OS3. The monoisotopic (exact) mass is 194 g/mol. The lowest BCUT2D eigenvalue weighted by Gasteiger charge is -2.22. The smallest absolute Gasteiger partial charge is 0.0908 e. The second kappa shape index (κ2) is 3.61. The highest BCUT2D eigenvalue weighted by Gasteiger charge is 2.24. The van der Waals surface area contributed by atoms with Gasteiger partial charge in [-0.15, -0.1) is 0 Å². The quantitative estimate of drug-likeness (QED) is 0.500. The summed E-state index contributed by atoms with van der Waals surface area (Å²) in [4.78, 5) is 0. The van der Waals surface area contributed by atoms with E-state index in [4.69, 9.17) is 4.74 Å². The van der Waals surface area contributed by atoms with Crippen LogP contribution in [-0.4, -0.2) is 35.2 Å². The molecule has 0 aromatic rings. The highest BCUT2D eigenvalue weighted by molar-refractivity contribution is 8.77. The molecule has 0 aromatic heterocycles. The van der Waals surface area contributed by atoms with Crippen LogP contribution in [0.4, 0.5) is 0 Å². The van der Waals surface area contributed by atoms with E-state index in [1.807, 2.05) is 21.6 Å². The highest BCUT2D eigenvalue weighted by Crippen LogP contribution is 2.38. The van der Waals surface area contributed by atoms with Crippen molar-refractivity contribution in [3.8, 4) is 0 Å². The molecule has 1 atom stereocenters. The zero-order chi connectivity index (χ0) is 6.81. The fourth-order valence-corrected chi connectivity index (χ4v) is 4.98. The molecule has 0 bridgehead atoms. The molecule has 0 radical (unpaired) electrons. The summed E-state index contributed by atoms with van der Waals surface area (Å²) in [5, 5.41) is 0.939. The van der Waals surface area contributed by atoms with E-state index in [2.05, 4.69) is 11.8 Å². The predicted octanol–water partition coefficient (Wildman–Crippen LogP) is 1.88. The SMILES string of the molecule is C1OC1CSSC1CSC1. The maximum Gasteiger partial charge on any atom is 0.0908 e. The molecule has 10 heavy (non-hydrogen) atoms. The fraction of sp³-hybridized carbons (Fsp3) is 1.00. The summed E-state index contributed by atoms with van der Waals surface area (Å²) in [6.45, 7) is 1.01. The molecule has 2 heterocycles. The molecule has 0 amide bonds. The summed E-state index contributed by atoms with van der Waals surface area (Å²) in [6, 6.07) is 0. The molecule has 58 valence electrons. The van der Waals surface area contributed by atoms with Gasteiger partial charge in [-0.2, -0.15) is 11.8 Å². The Bertz CT molecular complexity index is 112. The molecule has 0 saturated carbocycles. The van der Waals surface area contributed by atoms with Crippen LogP contribution in [0.3, 0.4) is 0 Å². The Balaban J connectivity index is 1.46. The molecular weight excluding hydrogens is 184 g/mol. The Morgan fingerprint density at radius 1 is 1.50 bits per heavy atom. The molecule has 0 spiro atoms. The predicted molar refractivity (Wildman–Crippen MR) is 50.9 cm³/mol. The number of hydrogen-bond acceptors (Lipinski definition) is 4. The van der Waals surface area contributed by atoms with Gasteiger partial charge in [0.2, 0.25) is 0 Å². The third kappa shape index (κ3) is 2.26. The van der Waals surface area contributed by atoms with Gasteiger partial charge in [-0.05, 0) is 0 Å². The van der Waals surface area contributed by atoms with E-state index in [9.17, 15) is 0 Å². The van der Waals surface area contributed by atoms with Crippen molar-refractivity contribution in [3.05, 3.63) is 0 Å². The summed E-state index contributed by atoms with van der Waals surface area (Å²) < 4.78 is 5.10. The molecule has 2 rings (SSSR count). The van der Waals surface area contributed by atoms with Gasteiger partial charge >= 0.3 is 0 Å². The van der Waals surface area contributed by atoms with Gasteiger partial charge in [0.15, 0.2) is 0 Å². The van der Waals surface area contributed by atoms with Crippen LogP contribution in [0, 0.1) is 0 Å². The van der Waals surface area contributed by atoms with E-state index >= 15 is 0 Å². The first-order valence-electron chi connectivity index (χ1n) is 3.43. The first-order valence-corrected chi connectivity index (χ1v) is 6.96. The first-order chi connectivity index (χ1) is 4.95. The third-order valence-corrected chi connectivity index (χ3v) is 6.05. The zero-order valence-corrected chi connectivity index (χ0v) is 8.07. The van der Waals surface area contributed by atoms with Crippen LogP contribution < -0.4 is 0 Å². The Hall–Kier alpha value is 1.01. The number of hydrogen-bond donors (Lipinski definition) is 0. The summed E-state index contributed by atoms with van der Waals surface area (Å²) in [5.41, 5.74) is 0. The molecule has 4 heteroatoms. The van der Waals surface area contributed by atoms with Crippen molar-refractivity contribution in [1.82, 2.24) is 0 Å². The molecule has 0 aromatic carbocycles. The molecule has 0 N–H and O–H groups in total. The van der Waals surface area contributed by atoms with Crippen molar-refractivity contribution in [2.45, 2.75) is 11.4 Å². The van der Waals surface area contributed by atoms with Crippen LogP contribution >= 0.6 is 33.3 Å². The van der Waals surface area contributed by atoms with Crippen LogP contribution in [0.2, 0.25) is 0 Å². The van der Waals surface area contributed by atoms with E-state index in [-0.39, 0.29) is 0 Å². The fourth-order valence-electron chi connectivity index (χ4n) is 0.645. The number of ether oxygens (including phenoxy) is 1. The van der Waals surface area contributed by atoms with Crippen LogP contribution in [0.1, 0.15) is 0 Å². The summed E-state index contributed by atoms with van der Waals surface area (Å²) in [6.07, 6.45) is 0.602. The molecule has 2 saturated heterocycles. The minimum absolute atomic E-state index is 0.602. The minimum atomic E-state index is 0.602. The average Bonchev–Trinajstić information content (AvgIpc) is 2.58. The number of thioether (sulfide) groups is 1. The van der Waals surface area contributed by atoms with Gasteiger partial charge in [-0.25, -0.2) is 0 Å². The topological polar surface area (TPSA) is 12.5 Å². The van der Waals surface area contributed by atoms with Gasteiger partial charge < -0.3 is 4.74 Å². The standard InChI is InChI=1S/C6H10OS3/c1-5(7-1)2-9-10-6-3-8-4-6/h5-6H,1-4H2. The molecule has 2 aliphatic heterocycles. The van der Waals surface area contributed by atoms with Crippen LogP contribution in [0.5, 0.6) is 0 Å². The molecule has 2 aliphatic rings. The Kier molecular flexibility index (Phi) is 2.76. The lowest BCUT2D eigenvalue weighted by molar-refractivity contribution is 0.426. The van der Waals surface area contributed by atoms with Gasteiger partial charge in [-0.1, -0.05) is 21.6 Å². The molecule has 2 fully saturated rings. The first kappa shape index (κ1) is 7.65. The normalized spacial score (nSPS) is 31.8. The van der Waals surface area contributed by atoms with Crippen molar-refractivity contribution < 1.29 is 4.74 Å². The number of epoxide rings is 1. The van der Waals surface area contributed by atoms with Crippen molar-refractivity contribution in [1.29, 1.82) is 0 Å². The van der Waals surface area contributed by atoms with Gasteiger partial charge in [0.05, 0.1) is 12.7 Å². The summed E-state index contributed by atoms with van der Waals surface area (Å²) in [7, 11) is 4.03. The number of rotatable bonds is 4. The van der Waals surface area contributed by atoms with Gasteiger partial charge in [0.1, 0.15) is 0 Å². The van der Waals surface area contributed by atoms with E-state index < -0.39 is 0 Å².